The lowest BCUT2D eigenvalue weighted by Crippen LogP contribution is -2.56. The molecule has 1 saturated heterocycles. The van der Waals surface area contributed by atoms with Gasteiger partial charge in [-0.3, -0.25) is 14.4 Å². The van der Waals surface area contributed by atoms with Crippen molar-refractivity contribution in [3.05, 3.63) is 35.5 Å². The van der Waals surface area contributed by atoms with Crippen LogP contribution < -0.4 is 10.1 Å². The monoisotopic (exact) mass is 586 g/mol. The highest BCUT2D eigenvalue weighted by atomic mass is 16.6. The molecule has 1 aromatic carbocycles. The van der Waals surface area contributed by atoms with Crippen LogP contribution in [-0.4, -0.2) is 100 Å². The number of benzene rings is 1. The molecule has 3 rings (SSSR count). The van der Waals surface area contributed by atoms with Gasteiger partial charge in [0.2, 0.25) is 5.91 Å². The van der Waals surface area contributed by atoms with Gasteiger partial charge in [-0.15, -0.1) is 0 Å². The molecule has 42 heavy (non-hydrogen) atoms. The fourth-order valence-electron chi connectivity index (χ4n) is 4.29. The summed E-state index contributed by atoms with van der Waals surface area (Å²) in [6.45, 7) is 11.0. The van der Waals surface area contributed by atoms with Crippen LogP contribution in [0.2, 0.25) is 0 Å². The second kappa shape index (κ2) is 13.5. The third-order valence-corrected chi connectivity index (χ3v) is 6.32. The van der Waals surface area contributed by atoms with E-state index in [2.05, 4.69) is 10.3 Å². The molecule has 0 radical (unpaired) electrons. The molecule has 0 saturated carbocycles. The average molecular weight is 587 g/mol. The number of aliphatic carboxylic acids is 1. The van der Waals surface area contributed by atoms with Gasteiger partial charge in [-0.1, -0.05) is 6.07 Å². The van der Waals surface area contributed by atoms with E-state index in [1.165, 1.54) is 22.8 Å². The Bertz CT molecular complexity index is 1350. The van der Waals surface area contributed by atoms with Gasteiger partial charge in [0.05, 0.1) is 18.5 Å². The van der Waals surface area contributed by atoms with Gasteiger partial charge in [-0.2, -0.15) is 0 Å². The number of rotatable bonds is 9. The van der Waals surface area contributed by atoms with Crippen molar-refractivity contribution in [2.24, 2.45) is 0 Å². The predicted octanol–water partition coefficient (Wildman–Crippen LogP) is 2.53. The molecule has 228 valence electrons. The molecule has 1 aromatic heterocycles. The normalized spacial score (nSPS) is 15.0. The van der Waals surface area contributed by atoms with E-state index in [1.807, 2.05) is 6.92 Å². The molecule has 3 amide bonds. The van der Waals surface area contributed by atoms with Crippen LogP contribution >= 0.6 is 0 Å². The highest BCUT2D eigenvalue weighted by Crippen LogP contribution is 2.28. The highest BCUT2D eigenvalue weighted by Gasteiger charge is 2.33. The SMILES string of the molecule is CCOC(=O)N1CCN(C(=O)C(CC(=O)OC(C)(C)C)NC(=O)c2cc(O[C@@H](C)C(=O)O)c3ccc(C)cc3n2)CC1. The van der Waals surface area contributed by atoms with Crippen molar-refractivity contribution in [2.45, 2.75) is 65.7 Å². The number of aryl methyl sites for hydroxylation is 1. The fourth-order valence-corrected chi connectivity index (χ4v) is 4.29. The lowest BCUT2D eigenvalue weighted by atomic mass is 10.1. The van der Waals surface area contributed by atoms with E-state index in [-0.39, 0.29) is 44.2 Å². The highest BCUT2D eigenvalue weighted by molar-refractivity contribution is 6.00. The largest absolute Gasteiger partial charge is 0.479 e. The van der Waals surface area contributed by atoms with E-state index in [0.717, 1.165) is 5.56 Å². The summed E-state index contributed by atoms with van der Waals surface area (Å²) in [7, 11) is 0. The second-order valence-electron chi connectivity index (χ2n) is 11.0. The van der Waals surface area contributed by atoms with Gasteiger partial charge in [0.1, 0.15) is 23.1 Å². The Hall–Kier alpha value is -4.42. The molecule has 1 fully saturated rings. The van der Waals surface area contributed by atoms with Crippen LogP contribution in [0.3, 0.4) is 0 Å². The topological polar surface area (TPSA) is 165 Å². The number of aromatic nitrogens is 1. The molecule has 13 nitrogen and oxygen atoms in total. The summed E-state index contributed by atoms with van der Waals surface area (Å²) in [5.41, 5.74) is 0.296. The zero-order valence-corrected chi connectivity index (χ0v) is 24.8. The average Bonchev–Trinajstić information content (AvgIpc) is 2.91. The minimum absolute atomic E-state index is 0.130. The van der Waals surface area contributed by atoms with Gasteiger partial charge >= 0.3 is 18.0 Å². The molecule has 2 N–H and O–H groups in total. The van der Waals surface area contributed by atoms with Crippen LogP contribution in [0.25, 0.3) is 10.9 Å². The van der Waals surface area contributed by atoms with Crippen molar-refractivity contribution in [3.8, 4) is 5.75 Å². The number of fused-ring (bicyclic) bond motifs is 1. The quantitative estimate of drug-likeness (QED) is 0.417. The number of carbonyl (C=O) groups excluding carboxylic acids is 4. The van der Waals surface area contributed by atoms with Gasteiger partial charge in [0, 0.05) is 37.6 Å². The van der Waals surface area contributed by atoms with Crippen molar-refractivity contribution in [2.75, 3.05) is 32.8 Å². The Morgan fingerprint density at radius 3 is 2.29 bits per heavy atom. The number of carbonyl (C=O) groups is 5. The van der Waals surface area contributed by atoms with Crippen molar-refractivity contribution in [1.82, 2.24) is 20.1 Å². The third-order valence-electron chi connectivity index (χ3n) is 6.32. The lowest BCUT2D eigenvalue weighted by molar-refractivity contribution is -0.157. The maximum absolute atomic E-state index is 13.6. The first-order valence-corrected chi connectivity index (χ1v) is 13.7. The number of carboxylic acid groups (broad SMARTS) is 1. The number of nitrogens with zero attached hydrogens (tertiary/aromatic N) is 3. The number of carboxylic acids is 1. The van der Waals surface area contributed by atoms with Crippen LogP contribution in [0, 0.1) is 6.92 Å². The lowest BCUT2D eigenvalue weighted by Gasteiger charge is -2.36. The predicted molar refractivity (Wildman–Crippen MR) is 151 cm³/mol. The maximum atomic E-state index is 13.6. The van der Waals surface area contributed by atoms with Gasteiger partial charge in [-0.25, -0.2) is 14.6 Å². The maximum Gasteiger partial charge on any atom is 0.409 e. The van der Waals surface area contributed by atoms with Crippen LogP contribution in [0.5, 0.6) is 5.75 Å². The summed E-state index contributed by atoms with van der Waals surface area (Å²) in [6.07, 6.45) is -2.12. The summed E-state index contributed by atoms with van der Waals surface area (Å²) in [4.78, 5) is 70.7. The molecular weight excluding hydrogens is 548 g/mol. The van der Waals surface area contributed by atoms with Crippen LogP contribution in [0.15, 0.2) is 24.3 Å². The van der Waals surface area contributed by atoms with E-state index >= 15 is 0 Å². The number of amides is 3. The van der Waals surface area contributed by atoms with Crippen LogP contribution in [0.1, 0.15) is 57.1 Å². The standard InChI is InChI=1S/C29H38N4O9/c1-7-40-28(39)33-12-10-32(11-13-33)26(36)22(16-24(34)42-29(4,5)6)31-25(35)21-15-23(41-18(3)27(37)38)19-9-8-17(2)14-20(19)30-21/h8-9,14-15,18,22H,7,10-13,16H2,1-6H3,(H,31,35)(H,37,38)/t18-,22?/m0/s1. The van der Waals surface area contributed by atoms with Crippen molar-refractivity contribution >= 4 is 40.7 Å². The summed E-state index contributed by atoms with van der Waals surface area (Å²) in [6, 6.07) is 5.25. The summed E-state index contributed by atoms with van der Waals surface area (Å²) < 4.78 is 16.1. The zero-order valence-electron chi connectivity index (χ0n) is 24.8. The molecule has 1 aliphatic rings. The zero-order chi connectivity index (χ0) is 31.2. The second-order valence-corrected chi connectivity index (χ2v) is 11.0. The third kappa shape index (κ3) is 8.54. The Balaban J connectivity index is 1.88. The molecule has 13 heteroatoms. The number of nitrogens with one attached hydrogen (secondary N) is 1. The van der Waals surface area contributed by atoms with E-state index < -0.39 is 54.0 Å². The van der Waals surface area contributed by atoms with E-state index in [1.54, 1.807) is 45.9 Å². The van der Waals surface area contributed by atoms with Gasteiger partial charge in [0.25, 0.3) is 5.91 Å². The first-order chi connectivity index (χ1) is 19.7. The van der Waals surface area contributed by atoms with Crippen molar-refractivity contribution < 1.29 is 43.3 Å². The van der Waals surface area contributed by atoms with E-state index in [9.17, 15) is 29.1 Å². The minimum Gasteiger partial charge on any atom is -0.479 e. The van der Waals surface area contributed by atoms with E-state index in [4.69, 9.17) is 14.2 Å². The minimum atomic E-state index is -1.29. The van der Waals surface area contributed by atoms with Crippen LogP contribution in [-0.2, 0) is 23.9 Å². The number of piperazine rings is 1. The molecule has 0 aliphatic carbocycles. The summed E-state index contributed by atoms with van der Waals surface area (Å²) in [5, 5.41) is 12.5. The molecule has 1 unspecified atom stereocenters. The van der Waals surface area contributed by atoms with E-state index in [0.29, 0.717) is 10.9 Å². The molecule has 2 aromatic rings. The molecule has 1 aliphatic heterocycles. The first-order valence-electron chi connectivity index (χ1n) is 13.7. The van der Waals surface area contributed by atoms with Crippen molar-refractivity contribution in [1.29, 1.82) is 0 Å². The molecule has 2 atom stereocenters. The number of pyridine rings is 1. The Morgan fingerprint density at radius 2 is 1.69 bits per heavy atom. The Kier molecular flexibility index (Phi) is 10.3. The summed E-state index contributed by atoms with van der Waals surface area (Å²) in [5.74, 6) is -3.04. The molecule has 0 bridgehead atoms. The number of ether oxygens (including phenoxy) is 3. The van der Waals surface area contributed by atoms with Gasteiger partial charge in [-0.05, 0) is 59.2 Å². The number of hydrogen-bond donors (Lipinski definition) is 2. The van der Waals surface area contributed by atoms with Crippen molar-refractivity contribution in [3.63, 3.8) is 0 Å². The van der Waals surface area contributed by atoms with Gasteiger partial charge in [0.15, 0.2) is 6.10 Å². The molecule has 2 heterocycles. The fraction of sp³-hybridized carbons (Fsp3) is 0.517. The first kappa shape index (κ1) is 32.1. The smallest absolute Gasteiger partial charge is 0.409 e. The number of hydrogen-bond acceptors (Lipinski definition) is 9. The number of esters is 1. The summed E-state index contributed by atoms with van der Waals surface area (Å²) >= 11 is 0. The Labute approximate surface area is 244 Å². The van der Waals surface area contributed by atoms with Crippen LogP contribution in [0.4, 0.5) is 4.79 Å². The molecule has 0 spiro atoms. The molecular formula is C29H38N4O9. The Morgan fingerprint density at radius 1 is 1.05 bits per heavy atom. The van der Waals surface area contributed by atoms with Gasteiger partial charge < -0.3 is 34.4 Å².